The van der Waals surface area contributed by atoms with Gasteiger partial charge in [-0.25, -0.2) is 9.18 Å². The molecule has 3 aromatic rings. The van der Waals surface area contributed by atoms with Crippen molar-refractivity contribution in [3.05, 3.63) is 69.6 Å². The van der Waals surface area contributed by atoms with Crippen LogP contribution in [0.25, 0.3) is 10.9 Å². The van der Waals surface area contributed by atoms with Gasteiger partial charge in [0.25, 0.3) is 0 Å². The zero-order valence-corrected chi connectivity index (χ0v) is 25.4. The van der Waals surface area contributed by atoms with Crippen molar-refractivity contribution in [2.75, 3.05) is 32.7 Å². The number of urea groups is 1. The zero-order valence-electron chi connectivity index (χ0n) is 23.9. The van der Waals surface area contributed by atoms with E-state index in [0.717, 1.165) is 29.3 Å². The van der Waals surface area contributed by atoms with Crippen LogP contribution in [0.4, 0.5) is 9.18 Å². The van der Waals surface area contributed by atoms with Crippen LogP contribution in [0, 0.1) is 11.2 Å². The van der Waals surface area contributed by atoms with E-state index in [1.54, 1.807) is 21.9 Å². The van der Waals surface area contributed by atoms with Crippen LogP contribution in [-0.2, 0) is 16.1 Å². The number of carbonyl (C=O) groups excluding carboxylic acids is 3. The van der Waals surface area contributed by atoms with Crippen molar-refractivity contribution < 1.29 is 18.8 Å². The lowest BCUT2D eigenvalue weighted by atomic mass is 9.72. The molecule has 2 aliphatic rings. The first-order valence-corrected chi connectivity index (χ1v) is 15.3. The number of halogens is 3. The largest absolute Gasteiger partial charge is 0.361 e. The van der Waals surface area contributed by atoms with Crippen LogP contribution in [0.15, 0.2) is 42.6 Å². The number of hydrogen-bond acceptors (Lipinski definition) is 3. The fourth-order valence-electron chi connectivity index (χ4n) is 6.44. The smallest absolute Gasteiger partial charge is 0.317 e. The number of rotatable bonds is 8. The first-order valence-electron chi connectivity index (χ1n) is 14.5. The molecule has 0 spiro atoms. The number of nitrogens with zero attached hydrogens (tertiary/aromatic N) is 3. The van der Waals surface area contributed by atoms with E-state index in [0.29, 0.717) is 49.7 Å². The second kappa shape index (κ2) is 12.5. The summed E-state index contributed by atoms with van der Waals surface area (Å²) in [5.41, 5.74) is 1.18. The molecule has 8 nitrogen and oxygen atoms in total. The average molecular weight is 617 g/mol. The number of fused-ring (bicyclic) bond motifs is 1. The highest BCUT2D eigenvalue weighted by atomic mass is 35.5. The summed E-state index contributed by atoms with van der Waals surface area (Å²) in [5, 5.41) is 4.28. The summed E-state index contributed by atoms with van der Waals surface area (Å²) in [6.07, 6.45) is 4.03. The standard InChI is InChI=1S/C31H36Cl2FN5O3/c1-3-5-10-31(29(41)37-11-13-38(14-12-37)30(42)35-4-2)17-27(40)39(19-20-6-9-24(33)25(34)15-20)28(31)23-18-36-26-16-21(32)7-8-22(23)26/h6-9,15-16,18,28,36H,3-5,10-14,17,19H2,1-2H3,(H,35,42). The highest BCUT2D eigenvalue weighted by Crippen LogP contribution is 2.54. The summed E-state index contributed by atoms with van der Waals surface area (Å²) >= 11 is 12.2. The number of unbranched alkanes of at least 4 members (excludes halogenated alkanes) is 1. The van der Waals surface area contributed by atoms with Gasteiger partial charge in [0.1, 0.15) is 5.82 Å². The van der Waals surface area contributed by atoms with Crippen molar-refractivity contribution in [3.63, 3.8) is 0 Å². The number of piperazine rings is 1. The summed E-state index contributed by atoms with van der Waals surface area (Å²) in [6.45, 7) is 6.20. The number of nitrogens with one attached hydrogen (secondary N) is 2. The van der Waals surface area contributed by atoms with E-state index in [1.807, 2.05) is 30.2 Å². The fraction of sp³-hybridized carbons (Fsp3) is 0.452. The SMILES string of the molecule is CCCCC1(C(=O)N2CCN(C(=O)NCC)CC2)CC(=O)N(Cc2ccc(Cl)c(F)c2)C1c1c[nH]c2cc(Cl)ccc12. The molecule has 0 radical (unpaired) electrons. The molecule has 2 aliphatic heterocycles. The Hall–Kier alpha value is -3.30. The summed E-state index contributed by atoms with van der Waals surface area (Å²) < 4.78 is 14.4. The van der Waals surface area contributed by atoms with Crippen LogP contribution in [0.1, 0.15) is 56.7 Å². The predicted octanol–water partition coefficient (Wildman–Crippen LogP) is 6.14. The molecule has 5 rings (SSSR count). The van der Waals surface area contributed by atoms with E-state index < -0.39 is 17.3 Å². The van der Waals surface area contributed by atoms with Gasteiger partial charge in [0.15, 0.2) is 0 Å². The molecule has 4 amide bonds. The molecule has 3 heterocycles. The van der Waals surface area contributed by atoms with E-state index in [-0.39, 0.29) is 35.8 Å². The van der Waals surface area contributed by atoms with Crippen LogP contribution in [0.3, 0.4) is 0 Å². The molecule has 2 fully saturated rings. The van der Waals surface area contributed by atoms with Gasteiger partial charge in [-0.05, 0) is 43.2 Å². The number of amides is 4. The summed E-state index contributed by atoms with van der Waals surface area (Å²) in [4.78, 5) is 49.6. The monoisotopic (exact) mass is 615 g/mol. The summed E-state index contributed by atoms with van der Waals surface area (Å²) in [6, 6.07) is 9.33. The van der Waals surface area contributed by atoms with Crippen LogP contribution < -0.4 is 5.32 Å². The molecule has 42 heavy (non-hydrogen) atoms. The summed E-state index contributed by atoms with van der Waals surface area (Å²) in [7, 11) is 0. The highest BCUT2D eigenvalue weighted by Gasteiger charge is 2.58. The quantitative estimate of drug-likeness (QED) is 0.319. The second-order valence-electron chi connectivity index (χ2n) is 11.2. The third kappa shape index (κ3) is 5.69. The number of aromatic amines is 1. The Bertz CT molecular complexity index is 1490. The van der Waals surface area contributed by atoms with E-state index in [9.17, 15) is 18.8 Å². The molecule has 2 unspecified atom stereocenters. The third-order valence-corrected chi connectivity index (χ3v) is 9.06. The van der Waals surface area contributed by atoms with Gasteiger partial charge < -0.3 is 25.0 Å². The van der Waals surface area contributed by atoms with E-state index in [2.05, 4.69) is 17.2 Å². The van der Waals surface area contributed by atoms with E-state index in [1.165, 1.54) is 12.1 Å². The Labute approximate surface area is 255 Å². The van der Waals surface area contributed by atoms with Crippen molar-refractivity contribution in [3.8, 4) is 0 Å². The van der Waals surface area contributed by atoms with Crippen molar-refractivity contribution in [1.82, 2.24) is 25.0 Å². The van der Waals surface area contributed by atoms with Gasteiger partial charge >= 0.3 is 6.03 Å². The maximum atomic E-state index is 14.7. The molecule has 1 aromatic heterocycles. The molecule has 2 saturated heterocycles. The molecular formula is C31H36Cl2FN5O3. The minimum absolute atomic E-state index is 0.00999. The lowest BCUT2D eigenvalue weighted by molar-refractivity contribution is -0.146. The Kier molecular flexibility index (Phi) is 8.99. The molecule has 0 saturated carbocycles. The predicted molar refractivity (Wildman–Crippen MR) is 162 cm³/mol. The van der Waals surface area contributed by atoms with Crippen LogP contribution in [-0.4, -0.2) is 70.3 Å². The summed E-state index contributed by atoms with van der Waals surface area (Å²) in [5.74, 6) is -0.806. The van der Waals surface area contributed by atoms with Crippen molar-refractivity contribution in [2.24, 2.45) is 5.41 Å². The molecule has 0 bridgehead atoms. The number of aromatic nitrogens is 1. The maximum Gasteiger partial charge on any atom is 0.317 e. The van der Waals surface area contributed by atoms with Gasteiger partial charge in [-0.1, -0.05) is 55.1 Å². The number of hydrogen-bond donors (Lipinski definition) is 2. The Morgan fingerprint density at radius 2 is 1.81 bits per heavy atom. The van der Waals surface area contributed by atoms with Crippen LogP contribution in [0.5, 0.6) is 0 Å². The molecular weight excluding hydrogens is 580 g/mol. The molecule has 2 aromatic carbocycles. The van der Waals surface area contributed by atoms with Crippen molar-refractivity contribution in [2.45, 2.75) is 52.1 Å². The Morgan fingerprint density at radius 1 is 1.07 bits per heavy atom. The van der Waals surface area contributed by atoms with E-state index in [4.69, 9.17) is 23.2 Å². The van der Waals surface area contributed by atoms with Gasteiger partial charge in [-0.2, -0.15) is 0 Å². The molecule has 2 N–H and O–H groups in total. The third-order valence-electron chi connectivity index (χ3n) is 8.51. The number of benzene rings is 2. The molecule has 11 heteroatoms. The topological polar surface area (TPSA) is 88.8 Å². The fourth-order valence-corrected chi connectivity index (χ4v) is 6.73. The maximum absolute atomic E-state index is 14.7. The molecule has 2 atom stereocenters. The minimum Gasteiger partial charge on any atom is -0.361 e. The van der Waals surface area contributed by atoms with Crippen LogP contribution >= 0.6 is 23.2 Å². The average Bonchev–Trinajstić information content (AvgIpc) is 3.51. The first kappa shape index (κ1) is 30.2. The van der Waals surface area contributed by atoms with Gasteiger partial charge in [0, 0.05) is 73.4 Å². The van der Waals surface area contributed by atoms with Gasteiger partial charge in [-0.15, -0.1) is 0 Å². The highest BCUT2D eigenvalue weighted by molar-refractivity contribution is 6.31. The number of likely N-dealkylation sites (tertiary alicyclic amines) is 1. The zero-order chi connectivity index (χ0) is 30.0. The Balaban J connectivity index is 1.57. The normalized spacial score (nSPS) is 20.9. The second-order valence-corrected chi connectivity index (χ2v) is 12.0. The van der Waals surface area contributed by atoms with Crippen molar-refractivity contribution in [1.29, 1.82) is 0 Å². The number of carbonyl (C=O) groups is 3. The Morgan fingerprint density at radius 3 is 2.50 bits per heavy atom. The van der Waals surface area contributed by atoms with Gasteiger partial charge in [0.05, 0.1) is 16.5 Å². The lowest BCUT2D eigenvalue weighted by Crippen LogP contribution is -2.56. The van der Waals surface area contributed by atoms with E-state index >= 15 is 0 Å². The van der Waals surface area contributed by atoms with Crippen molar-refractivity contribution >= 4 is 52.0 Å². The lowest BCUT2D eigenvalue weighted by Gasteiger charge is -2.43. The number of H-pyrrole nitrogens is 1. The molecule has 0 aliphatic carbocycles. The molecule has 224 valence electrons. The van der Waals surface area contributed by atoms with Gasteiger partial charge in [0.2, 0.25) is 11.8 Å². The minimum atomic E-state index is -1.04. The first-order chi connectivity index (χ1) is 20.2. The van der Waals surface area contributed by atoms with Crippen LogP contribution in [0.2, 0.25) is 10.0 Å². The van der Waals surface area contributed by atoms with Gasteiger partial charge in [-0.3, -0.25) is 9.59 Å².